The van der Waals surface area contributed by atoms with E-state index in [9.17, 15) is 5.26 Å². The maximum atomic E-state index is 9.96. The van der Waals surface area contributed by atoms with Crippen LogP contribution in [0.25, 0.3) is 5.57 Å². The number of rotatable bonds is 2. The van der Waals surface area contributed by atoms with Crippen LogP contribution in [-0.2, 0) is 0 Å². The van der Waals surface area contributed by atoms with E-state index in [4.69, 9.17) is 4.99 Å². The van der Waals surface area contributed by atoms with Crippen molar-refractivity contribution in [2.75, 3.05) is 5.32 Å². The molecule has 0 saturated carbocycles. The first kappa shape index (κ1) is 17.8. The smallest absolute Gasteiger partial charge is 0.102 e. The first-order chi connectivity index (χ1) is 13.5. The van der Waals surface area contributed by atoms with Crippen LogP contribution in [0.1, 0.15) is 27.8 Å². The van der Waals surface area contributed by atoms with Gasteiger partial charge >= 0.3 is 0 Å². The molecule has 136 valence electrons. The van der Waals surface area contributed by atoms with Crippen LogP contribution in [0.3, 0.4) is 0 Å². The van der Waals surface area contributed by atoms with E-state index in [0.29, 0.717) is 5.57 Å². The molecule has 1 aliphatic heterocycles. The molecule has 0 fully saturated rings. The molecule has 3 heteroatoms. The number of nitrogens with one attached hydrogen (secondary N) is 1. The van der Waals surface area contributed by atoms with Gasteiger partial charge in [-0.05, 0) is 50.6 Å². The minimum absolute atomic E-state index is 0.597. The molecule has 28 heavy (non-hydrogen) atoms. The molecule has 0 spiro atoms. The highest BCUT2D eigenvalue weighted by atomic mass is 15.0. The minimum Gasteiger partial charge on any atom is -0.352 e. The third kappa shape index (κ3) is 3.33. The van der Waals surface area contributed by atoms with Crippen LogP contribution in [0.4, 0.5) is 11.4 Å². The van der Waals surface area contributed by atoms with E-state index in [1.165, 1.54) is 5.56 Å². The number of allylic oxidation sites excluding steroid dienone is 2. The average molecular weight is 363 g/mol. The molecule has 1 N–H and O–H groups in total. The van der Waals surface area contributed by atoms with Crippen LogP contribution in [0, 0.1) is 32.1 Å². The summed E-state index contributed by atoms with van der Waals surface area (Å²) in [6, 6.07) is 24.8. The number of aliphatic imine (C=N–C) groups is 1. The normalized spacial score (nSPS) is 15.7. The van der Waals surface area contributed by atoms with Crippen LogP contribution in [0.5, 0.6) is 0 Å². The summed E-state index contributed by atoms with van der Waals surface area (Å²) >= 11 is 0. The highest BCUT2D eigenvalue weighted by Gasteiger charge is 2.26. The minimum atomic E-state index is 0.597. The van der Waals surface area contributed by atoms with Gasteiger partial charge in [0, 0.05) is 11.3 Å². The van der Waals surface area contributed by atoms with Gasteiger partial charge < -0.3 is 5.32 Å². The summed E-state index contributed by atoms with van der Waals surface area (Å²) in [5.41, 5.74) is 9.43. The molecule has 1 heterocycles. The van der Waals surface area contributed by atoms with Gasteiger partial charge in [-0.15, -0.1) is 0 Å². The summed E-state index contributed by atoms with van der Waals surface area (Å²) < 4.78 is 0. The van der Waals surface area contributed by atoms with Crippen molar-refractivity contribution >= 4 is 22.7 Å². The summed E-state index contributed by atoms with van der Waals surface area (Å²) in [6.07, 6.45) is 0. The zero-order valence-electron chi connectivity index (χ0n) is 16.2. The fourth-order valence-corrected chi connectivity index (χ4v) is 3.32. The first-order valence-electron chi connectivity index (χ1n) is 9.30. The Morgan fingerprint density at radius 3 is 2.07 bits per heavy atom. The summed E-state index contributed by atoms with van der Waals surface area (Å²) in [5.74, 6) is 0. The van der Waals surface area contributed by atoms with Crippen LogP contribution in [-0.4, -0.2) is 5.71 Å². The van der Waals surface area contributed by atoms with Crippen LogP contribution >= 0.6 is 0 Å². The Labute approximate surface area is 165 Å². The van der Waals surface area contributed by atoms with Gasteiger partial charge in [-0.2, -0.15) is 5.26 Å². The molecule has 3 aromatic rings. The van der Waals surface area contributed by atoms with Crippen molar-refractivity contribution in [1.29, 1.82) is 5.26 Å². The Hall–Kier alpha value is -3.64. The molecule has 1 aliphatic rings. The van der Waals surface area contributed by atoms with E-state index in [-0.39, 0.29) is 0 Å². The van der Waals surface area contributed by atoms with E-state index >= 15 is 0 Å². The van der Waals surface area contributed by atoms with Gasteiger partial charge in [0.25, 0.3) is 0 Å². The Balaban J connectivity index is 1.94. The summed E-state index contributed by atoms with van der Waals surface area (Å²) in [6.45, 7) is 6.17. The van der Waals surface area contributed by atoms with Crippen molar-refractivity contribution in [2.24, 2.45) is 4.99 Å². The zero-order valence-corrected chi connectivity index (χ0v) is 16.2. The molecule has 3 aromatic carbocycles. The second-order valence-corrected chi connectivity index (χ2v) is 7.20. The fourth-order valence-electron chi connectivity index (χ4n) is 3.32. The van der Waals surface area contributed by atoms with Gasteiger partial charge in [-0.25, -0.2) is 4.99 Å². The van der Waals surface area contributed by atoms with Crippen molar-refractivity contribution < 1.29 is 0 Å². The monoisotopic (exact) mass is 363 g/mol. The Morgan fingerprint density at radius 2 is 1.43 bits per heavy atom. The quantitative estimate of drug-likeness (QED) is 0.560. The lowest BCUT2D eigenvalue weighted by Gasteiger charge is -2.08. The maximum Gasteiger partial charge on any atom is 0.102 e. The standard InChI is InChI=1S/C25H21N3/c1-16-4-9-19(10-5-16)22(15-26)25-24(27-20-11-6-17(2)7-12-20)21-14-18(3)8-13-23(21)28-25/h4-14,28H,1-3H3/b25-22-,27-24?. The molecule has 0 unspecified atom stereocenters. The summed E-state index contributed by atoms with van der Waals surface area (Å²) in [7, 11) is 0. The van der Waals surface area contributed by atoms with E-state index in [1.54, 1.807) is 0 Å². The number of fused-ring (bicyclic) bond motifs is 1. The van der Waals surface area contributed by atoms with Crippen LogP contribution in [0.15, 0.2) is 77.4 Å². The number of aryl methyl sites for hydroxylation is 3. The molecule has 0 amide bonds. The molecule has 4 rings (SSSR count). The van der Waals surface area contributed by atoms with Crippen LogP contribution in [0.2, 0.25) is 0 Å². The molecule has 0 saturated heterocycles. The van der Waals surface area contributed by atoms with E-state index in [2.05, 4.69) is 37.4 Å². The largest absolute Gasteiger partial charge is 0.352 e. The van der Waals surface area contributed by atoms with Crippen molar-refractivity contribution in [3.8, 4) is 6.07 Å². The fraction of sp³-hybridized carbons (Fsp3) is 0.120. The SMILES string of the molecule is Cc1ccc(N=C2/C(=C(\C#N)c3ccc(C)cc3)Nc3ccc(C)cc32)cc1. The molecule has 0 atom stereocenters. The van der Waals surface area contributed by atoms with E-state index < -0.39 is 0 Å². The lowest BCUT2D eigenvalue weighted by Crippen LogP contribution is -2.05. The molecular formula is C25H21N3. The average Bonchev–Trinajstić information content (AvgIpc) is 3.03. The van der Waals surface area contributed by atoms with Gasteiger partial charge in [-0.1, -0.05) is 59.2 Å². The van der Waals surface area contributed by atoms with E-state index in [1.807, 2.05) is 61.5 Å². The van der Waals surface area contributed by atoms with E-state index in [0.717, 1.165) is 45.0 Å². The molecule has 0 radical (unpaired) electrons. The molecule has 0 bridgehead atoms. The molecule has 3 nitrogen and oxygen atoms in total. The van der Waals surface area contributed by atoms with Crippen molar-refractivity contribution in [3.05, 3.63) is 100 Å². The van der Waals surface area contributed by atoms with Gasteiger partial charge in [0.05, 0.1) is 22.7 Å². The van der Waals surface area contributed by atoms with Crippen LogP contribution < -0.4 is 5.32 Å². The van der Waals surface area contributed by atoms with Gasteiger partial charge in [0.15, 0.2) is 0 Å². The van der Waals surface area contributed by atoms with Gasteiger partial charge in [-0.3, -0.25) is 0 Å². The third-order valence-corrected chi connectivity index (χ3v) is 4.90. The number of nitrogens with zero attached hydrogens (tertiary/aromatic N) is 2. The summed E-state index contributed by atoms with van der Waals surface area (Å²) in [5, 5.41) is 13.4. The van der Waals surface area contributed by atoms with Crippen molar-refractivity contribution in [2.45, 2.75) is 20.8 Å². The number of hydrogen-bond acceptors (Lipinski definition) is 3. The maximum absolute atomic E-state index is 9.96. The van der Waals surface area contributed by atoms with Gasteiger partial charge in [0.2, 0.25) is 0 Å². The summed E-state index contributed by atoms with van der Waals surface area (Å²) in [4.78, 5) is 4.92. The second-order valence-electron chi connectivity index (χ2n) is 7.20. The number of benzene rings is 3. The second kappa shape index (κ2) is 7.17. The zero-order chi connectivity index (χ0) is 19.7. The first-order valence-corrected chi connectivity index (χ1v) is 9.30. The lowest BCUT2D eigenvalue weighted by atomic mass is 9.99. The lowest BCUT2D eigenvalue weighted by molar-refractivity contribution is 1.42. The Morgan fingerprint density at radius 1 is 0.821 bits per heavy atom. The van der Waals surface area contributed by atoms with Crippen molar-refractivity contribution in [1.82, 2.24) is 0 Å². The highest BCUT2D eigenvalue weighted by Crippen LogP contribution is 2.35. The number of anilines is 1. The molecule has 0 aromatic heterocycles. The molecule has 0 aliphatic carbocycles. The molecular weight excluding hydrogens is 342 g/mol. The topological polar surface area (TPSA) is 48.2 Å². The Bertz CT molecular complexity index is 1140. The predicted molar refractivity (Wildman–Crippen MR) is 116 cm³/mol. The van der Waals surface area contributed by atoms with Gasteiger partial charge in [0.1, 0.15) is 6.07 Å². The number of hydrogen-bond donors (Lipinski definition) is 1. The van der Waals surface area contributed by atoms with Crippen molar-refractivity contribution in [3.63, 3.8) is 0 Å². The highest BCUT2D eigenvalue weighted by molar-refractivity contribution is 6.26. The Kier molecular flexibility index (Phi) is 4.55. The number of nitriles is 1. The predicted octanol–water partition coefficient (Wildman–Crippen LogP) is 6.09. The third-order valence-electron chi connectivity index (χ3n) is 4.90.